The third-order valence-corrected chi connectivity index (χ3v) is 3.73. The van der Waals surface area contributed by atoms with E-state index in [1.807, 2.05) is 0 Å². The van der Waals surface area contributed by atoms with E-state index in [1.54, 1.807) is 6.07 Å². The van der Waals surface area contributed by atoms with Gasteiger partial charge in [-0.15, -0.1) is 10.2 Å². The SMILES string of the molecule is CCN(CC1CCCCN1)c1cc(Cl)nnc1Cl. The molecule has 1 aliphatic rings. The second-order valence-electron chi connectivity index (χ2n) is 4.53. The molecule has 0 amide bonds. The van der Waals surface area contributed by atoms with Crippen LogP contribution in [0.2, 0.25) is 10.3 Å². The van der Waals surface area contributed by atoms with Gasteiger partial charge in [-0.05, 0) is 26.3 Å². The zero-order valence-corrected chi connectivity index (χ0v) is 12.0. The quantitative estimate of drug-likeness (QED) is 0.925. The molecule has 1 aromatic heterocycles. The maximum Gasteiger partial charge on any atom is 0.175 e. The molecule has 1 fully saturated rings. The fraction of sp³-hybridized carbons (Fsp3) is 0.667. The van der Waals surface area contributed by atoms with Crippen LogP contribution in [0.5, 0.6) is 0 Å². The Morgan fingerprint density at radius 2 is 2.22 bits per heavy atom. The van der Waals surface area contributed by atoms with Crippen LogP contribution in [-0.2, 0) is 0 Å². The molecule has 2 heterocycles. The fourth-order valence-electron chi connectivity index (χ4n) is 2.31. The number of rotatable bonds is 4. The highest BCUT2D eigenvalue weighted by atomic mass is 35.5. The summed E-state index contributed by atoms with van der Waals surface area (Å²) in [5.41, 5.74) is 0.867. The van der Waals surface area contributed by atoms with Crippen molar-refractivity contribution in [2.24, 2.45) is 0 Å². The molecule has 4 nitrogen and oxygen atoms in total. The van der Waals surface area contributed by atoms with E-state index in [0.717, 1.165) is 25.3 Å². The summed E-state index contributed by atoms with van der Waals surface area (Å²) in [5, 5.41) is 11.9. The van der Waals surface area contributed by atoms with Crippen LogP contribution in [0.4, 0.5) is 5.69 Å². The molecule has 2 rings (SSSR count). The van der Waals surface area contributed by atoms with E-state index in [4.69, 9.17) is 23.2 Å². The van der Waals surface area contributed by atoms with E-state index < -0.39 is 0 Å². The molecule has 0 saturated carbocycles. The number of hydrogen-bond acceptors (Lipinski definition) is 4. The number of likely N-dealkylation sites (N-methyl/N-ethyl adjacent to an activating group) is 1. The first-order chi connectivity index (χ1) is 8.70. The summed E-state index contributed by atoms with van der Waals surface area (Å²) in [6.07, 6.45) is 3.77. The van der Waals surface area contributed by atoms with Crippen LogP contribution < -0.4 is 10.2 Å². The third kappa shape index (κ3) is 3.46. The fourth-order valence-corrected chi connectivity index (χ4v) is 2.66. The number of hydrogen-bond donors (Lipinski definition) is 1. The summed E-state index contributed by atoms with van der Waals surface area (Å²) in [6, 6.07) is 2.30. The number of piperidine rings is 1. The molecule has 1 saturated heterocycles. The molecule has 0 spiro atoms. The number of halogens is 2. The summed E-state index contributed by atoms with van der Waals surface area (Å²) in [5.74, 6) is 0. The number of aromatic nitrogens is 2. The van der Waals surface area contributed by atoms with Gasteiger partial charge in [-0.25, -0.2) is 0 Å². The van der Waals surface area contributed by atoms with Crippen molar-refractivity contribution in [1.82, 2.24) is 15.5 Å². The molecular weight excluding hydrogens is 271 g/mol. The highest BCUT2D eigenvalue weighted by molar-refractivity contribution is 6.33. The summed E-state index contributed by atoms with van der Waals surface area (Å²) in [6.45, 7) is 5.01. The highest BCUT2D eigenvalue weighted by Gasteiger charge is 2.18. The largest absolute Gasteiger partial charge is 0.368 e. The van der Waals surface area contributed by atoms with Crippen LogP contribution in [0.25, 0.3) is 0 Å². The van der Waals surface area contributed by atoms with Crippen LogP contribution in [0.1, 0.15) is 26.2 Å². The second-order valence-corrected chi connectivity index (χ2v) is 5.27. The van der Waals surface area contributed by atoms with E-state index in [1.165, 1.54) is 19.3 Å². The second kappa shape index (κ2) is 6.55. The Kier molecular flexibility index (Phi) is 5.03. The maximum atomic E-state index is 6.09. The van der Waals surface area contributed by atoms with Gasteiger partial charge in [-0.3, -0.25) is 0 Å². The van der Waals surface area contributed by atoms with E-state index in [0.29, 0.717) is 16.3 Å². The Morgan fingerprint density at radius 1 is 1.39 bits per heavy atom. The maximum absolute atomic E-state index is 6.09. The number of nitrogens with zero attached hydrogens (tertiary/aromatic N) is 3. The summed E-state index contributed by atoms with van der Waals surface area (Å²) in [4.78, 5) is 2.20. The summed E-state index contributed by atoms with van der Waals surface area (Å²) in [7, 11) is 0. The van der Waals surface area contributed by atoms with Gasteiger partial charge in [-0.2, -0.15) is 0 Å². The van der Waals surface area contributed by atoms with Crippen molar-refractivity contribution in [2.45, 2.75) is 32.2 Å². The predicted octanol–water partition coefficient (Wildman–Crippen LogP) is 2.75. The molecule has 1 N–H and O–H groups in total. The number of nitrogens with one attached hydrogen (secondary N) is 1. The Hall–Kier alpha value is -0.580. The Balaban J connectivity index is 2.09. The topological polar surface area (TPSA) is 41.0 Å². The average molecular weight is 289 g/mol. The van der Waals surface area contributed by atoms with Gasteiger partial charge in [0, 0.05) is 25.2 Å². The molecule has 100 valence electrons. The van der Waals surface area contributed by atoms with Gasteiger partial charge in [0.1, 0.15) is 0 Å². The smallest absolute Gasteiger partial charge is 0.175 e. The van der Waals surface area contributed by atoms with Crippen LogP contribution in [0.3, 0.4) is 0 Å². The van der Waals surface area contributed by atoms with Gasteiger partial charge in [0.2, 0.25) is 0 Å². The third-order valence-electron chi connectivity index (χ3n) is 3.28. The van der Waals surface area contributed by atoms with Gasteiger partial charge in [-0.1, -0.05) is 29.6 Å². The van der Waals surface area contributed by atoms with Gasteiger partial charge >= 0.3 is 0 Å². The Morgan fingerprint density at radius 3 is 2.89 bits per heavy atom. The molecule has 1 aliphatic heterocycles. The Bertz CT molecular complexity index is 394. The first-order valence-corrected chi connectivity index (χ1v) is 7.13. The minimum absolute atomic E-state index is 0.379. The van der Waals surface area contributed by atoms with Crippen LogP contribution in [-0.4, -0.2) is 35.9 Å². The molecule has 0 bridgehead atoms. The van der Waals surface area contributed by atoms with E-state index in [9.17, 15) is 0 Å². The van der Waals surface area contributed by atoms with Crippen LogP contribution in [0, 0.1) is 0 Å². The normalized spacial score (nSPS) is 19.8. The van der Waals surface area contributed by atoms with E-state index in [2.05, 4.69) is 27.3 Å². The van der Waals surface area contributed by atoms with Gasteiger partial charge in [0.15, 0.2) is 10.3 Å². The van der Waals surface area contributed by atoms with Crippen molar-refractivity contribution < 1.29 is 0 Å². The average Bonchev–Trinajstić information content (AvgIpc) is 2.40. The molecule has 6 heteroatoms. The van der Waals surface area contributed by atoms with Crippen molar-refractivity contribution in [3.8, 4) is 0 Å². The lowest BCUT2D eigenvalue weighted by Crippen LogP contribution is -2.43. The molecule has 1 aromatic rings. The van der Waals surface area contributed by atoms with Crippen LogP contribution in [0.15, 0.2) is 6.07 Å². The van der Waals surface area contributed by atoms with Crippen molar-refractivity contribution in [3.05, 3.63) is 16.4 Å². The number of anilines is 1. The van der Waals surface area contributed by atoms with Gasteiger partial charge in [0.05, 0.1) is 5.69 Å². The zero-order chi connectivity index (χ0) is 13.0. The lowest BCUT2D eigenvalue weighted by Gasteiger charge is -2.31. The molecule has 0 aliphatic carbocycles. The van der Waals surface area contributed by atoms with Crippen LogP contribution >= 0.6 is 23.2 Å². The van der Waals surface area contributed by atoms with Gasteiger partial charge < -0.3 is 10.2 Å². The highest BCUT2D eigenvalue weighted by Crippen LogP contribution is 2.26. The van der Waals surface area contributed by atoms with Crippen molar-refractivity contribution in [3.63, 3.8) is 0 Å². The van der Waals surface area contributed by atoms with Gasteiger partial charge in [0.25, 0.3) is 0 Å². The van der Waals surface area contributed by atoms with E-state index >= 15 is 0 Å². The monoisotopic (exact) mass is 288 g/mol. The lowest BCUT2D eigenvalue weighted by atomic mass is 10.0. The predicted molar refractivity (Wildman–Crippen MR) is 75.6 cm³/mol. The minimum atomic E-state index is 0.379. The first-order valence-electron chi connectivity index (χ1n) is 6.37. The molecule has 1 unspecified atom stereocenters. The van der Waals surface area contributed by atoms with Crippen molar-refractivity contribution in [1.29, 1.82) is 0 Å². The summed E-state index contributed by atoms with van der Waals surface area (Å²) < 4.78 is 0. The molecule has 18 heavy (non-hydrogen) atoms. The Labute approximate surface area is 118 Å². The summed E-state index contributed by atoms with van der Waals surface area (Å²) >= 11 is 12.0. The first kappa shape index (κ1) is 13.8. The van der Waals surface area contributed by atoms with E-state index in [-0.39, 0.29) is 0 Å². The molecular formula is C12H18Cl2N4. The molecule has 1 atom stereocenters. The van der Waals surface area contributed by atoms with Crippen molar-refractivity contribution in [2.75, 3.05) is 24.5 Å². The zero-order valence-electron chi connectivity index (χ0n) is 10.5. The molecule has 0 aromatic carbocycles. The standard InChI is InChI=1S/C12H18Cl2N4/c1-2-18(8-9-5-3-4-6-15-9)10-7-11(13)16-17-12(10)14/h7,9,15H,2-6,8H2,1H3. The molecule has 0 radical (unpaired) electrons. The van der Waals surface area contributed by atoms with Crippen molar-refractivity contribution >= 4 is 28.9 Å². The minimum Gasteiger partial charge on any atom is -0.368 e. The lowest BCUT2D eigenvalue weighted by molar-refractivity contribution is 0.400.